The molecule has 1 aromatic heterocycles. The monoisotopic (exact) mass is 325 g/mol. The zero-order chi connectivity index (χ0) is 16.2. The van der Waals surface area contributed by atoms with Crippen molar-refractivity contribution in [2.24, 2.45) is 0 Å². The average Bonchev–Trinajstić information content (AvgIpc) is 2.95. The number of nitrogens with zero attached hydrogens (tertiary/aromatic N) is 2. The molecule has 0 saturated heterocycles. The molecule has 4 nitrogen and oxygen atoms in total. The van der Waals surface area contributed by atoms with Crippen molar-refractivity contribution >= 4 is 16.5 Å². The summed E-state index contributed by atoms with van der Waals surface area (Å²) in [6, 6.07) is 17.9. The van der Waals surface area contributed by atoms with Crippen LogP contribution in [0.25, 0.3) is 5.69 Å². The van der Waals surface area contributed by atoms with Gasteiger partial charge in [0.2, 0.25) is 0 Å². The summed E-state index contributed by atoms with van der Waals surface area (Å²) in [7, 11) is -0.932. The van der Waals surface area contributed by atoms with Crippen LogP contribution in [0.1, 0.15) is 11.3 Å². The Bertz CT molecular complexity index is 810. The Morgan fingerprint density at radius 3 is 2.43 bits per heavy atom. The molecule has 3 aromatic rings. The van der Waals surface area contributed by atoms with E-state index < -0.39 is 10.8 Å². The molecule has 118 valence electrons. The van der Waals surface area contributed by atoms with Crippen molar-refractivity contribution in [2.45, 2.75) is 18.4 Å². The molecule has 1 N–H and O–H groups in total. The molecular formula is C18H19N3OS. The summed E-state index contributed by atoms with van der Waals surface area (Å²) in [5.74, 6) is 0. The highest BCUT2D eigenvalue weighted by molar-refractivity contribution is 7.84. The highest BCUT2D eigenvalue weighted by Gasteiger charge is 2.07. The highest BCUT2D eigenvalue weighted by atomic mass is 32.2. The van der Waals surface area contributed by atoms with E-state index in [1.54, 1.807) is 6.26 Å². The number of nitrogens with one attached hydrogen (secondary N) is 1. The van der Waals surface area contributed by atoms with Gasteiger partial charge in [0, 0.05) is 28.5 Å². The van der Waals surface area contributed by atoms with Gasteiger partial charge in [0.15, 0.2) is 0 Å². The standard InChI is InChI=1S/C18H19N3OS/c1-14-18(13-20-21(14)16-6-4-3-5-7-16)19-12-15-8-10-17(11-9-15)23(2)22/h3-11,13,19H,12H2,1-2H3. The lowest BCUT2D eigenvalue weighted by atomic mass is 10.2. The van der Waals surface area contributed by atoms with Crippen LogP contribution >= 0.6 is 0 Å². The quantitative estimate of drug-likeness (QED) is 0.780. The first-order chi connectivity index (χ1) is 11.1. The van der Waals surface area contributed by atoms with Gasteiger partial charge >= 0.3 is 0 Å². The maximum Gasteiger partial charge on any atom is 0.0763 e. The number of aromatic nitrogens is 2. The SMILES string of the molecule is Cc1c(NCc2ccc(S(C)=O)cc2)cnn1-c1ccccc1. The van der Waals surface area contributed by atoms with Crippen LogP contribution in [0.4, 0.5) is 5.69 Å². The normalized spacial score (nSPS) is 12.1. The Labute approximate surface area is 138 Å². The molecule has 0 bridgehead atoms. The van der Waals surface area contributed by atoms with Crippen molar-refractivity contribution in [1.82, 2.24) is 9.78 Å². The number of para-hydroxylation sites is 1. The van der Waals surface area contributed by atoms with Gasteiger partial charge in [-0.2, -0.15) is 5.10 Å². The second-order valence-electron chi connectivity index (χ2n) is 5.34. The van der Waals surface area contributed by atoms with E-state index in [1.165, 1.54) is 0 Å². The Kier molecular flexibility index (Phi) is 4.57. The van der Waals surface area contributed by atoms with Crippen LogP contribution in [0.15, 0.2) is 65.7 Å². The Hall–Kier alpha value is -2.40. The van der Waals surface area contributed by atoms with Gasteiger partial charge in [0.05, 0.1) is 23.3 Å². The summed E-state index contributed by atoms with van der Waals surface area (Å²) in [6.07, 6.45) is 3.53. The number of anilines is 1. The van der Waals surface area contributed by atoms with Gasteiger partial charge in [-0.1, -0.05) is 30.3 Å². The van der Waals surface area contributed by atoms with E-state index in [2.05, 4.69) is 10.4 Å². The largest absolute Gasteiger partial charge is 0.378 e. The number of hydrogen-bond acceptors (Lipinski definition) is 3. The van der Waals surface area contributed by atoms with Crippen molar-refractivity contribution in [2.75, 3.05) is 11.6 Å². The first kappa shape index (κ1) is 15.5. The van der Waals surface area contributed by atoms with Crippen LogP contribution in [0, 0.1) is 6.92 Å². The van der Waals surface area contributed by atoms with E-state index in [-0.39, 0.29) is 0 Å². The summed E-state index contributed by atoms with van der Waals surface area (Å²) in [5, 5.41) is 7.86. The third-order valence-electron chi connectivity index (χ3n) is 3.75. The maximum atomic E-state index is 11.4. The van der Waals surface area contributed by atoms with E-state index in [0.29, 0.717) is 6.54 Å². The molecule has 1 heterocycles. The van der Waals surface area contributed by atoms with Gasteiger partial charge in [0.25, 0.3) is 0 Å². The lowest BCUT2D eigenvalue weighted by molar-refractivity contribution is 0.687. The van der Waals surface area contributed by atoms with E-state index in [9.17, 15) is 4.21 Å². The molecule has 1 unspecified atom stereocenters. The maximum absolute atomic E-state index is 11.4. The van der Waals surface area contributed by atoms with Crippen LogP contribution in [0.2, 0.25) is 0 Å². The van der Waals surface area contributed by atoms with Crippen molar-refractivity contribution in [3.8, 4) is 5.69 Å². The van der Waals surface area contributed by atoms with Crippen molar-refractivity contribution in [3.05, 3.63) is 72.1 Å². The molecule has 0 spiro atoms. The minimum atomic E-state index is -0.932. The summed E-state index contributed by atoms with van der Waals surface area (Å²) < 4.78 is 13.3. The predicted octanol–water partition coefficient (Wildman–Crippen LogP) is 3.53. The molecular weight excluding hydrogens is 306 g/mol. The third-order valence-corrected chi connectivity index (χ3v) is 4.68. The summed E-state index contributed by atoms with van der Waals surface area (Å²) in [4.78, 5) is 0.849. The molecule has 0 radical (unpaired) electrons. The van der Waals surface area contributed by atoms with Crippen molar-refractivity contribution in [3.63, 3.8) is 0 Å². The molecule has 23 heavy (non-hydrogen) atoms. The van der Waals surface area contributed by atoms with Gasteiger partial charge in [0.1, 0.15) is 0 Å². The fraction of sp³-hybridized carbons (Fsp3) is 0.167. The van der Waals surface area contributed by atoms with E-state index in [1.807, 2.05) is 72.4 Å². The van der Waals surface area contributed by atoms with Crippen molar-refractivity contribution in [1.29, 1.82) is 0 Å². The molecule has 0 aliphatic heterocycles. The van der Waals surface area contributed by atoms with Crippen LogP contribution in [-0.4, -0.2) is 20.2 Å². The minimum Gasteiger partial charge on any atom is -0.378 e. The van der Waals surface area contributed by atoms with E-state index in [4.69, 9.17) is 0 Å². The Morgan fingerprint density at radius 1 is 1.09 bits per heavy atom. The molecule has 0 saturated carbocycles. The lowest BCUT2D eigenvalue weighted by Gasteiger charge is -2.08. The number of hydrogen-bond donors (Lipinski definition) is 1. The number of benzene rings is 2. The smallest absolute Gasteiger partial charge is 0.0763 e. The van der Waals surface area contributed by atoms with Crippen LogP contribution in [0.3, 0.4) is 0 Å². The Morgan fingerprint density at radius 2 is 1.78 bits per heavy atom. The second kappa shape index (κ2) is 6.79. The summed E-state index contributed by atoms with van der Waals surface area (Å²) >= 11 is 0. The van der Waals surface area contributed by atoms with Gasteiger partial charge in [-0.05, 0) is 36.8 Å². The second-order valence-corrected chi connectivity index (χ2v) is 6.72. The first-order valence-corrected chi connectivity index (χ1v) is 8.97. The van der Waals surface area contributed by atoms with Gasteiger partial charge in [-0.3, -0.25) is 4.21 Å². The topological polar surface area (TPSA) is 46.9 Å². The van der Waals surface area contributed by atoms with Crippen LogP contribution in [0.5, 0.6) is 0 Å². The molecule has 2 aromatic carbocycles. The molecule has 0 fully saturated rings. The third kappa shape index (κ3) is 3.51. The molecule has 5 heteroatoms. The van der Waals surface area contributed by atoms with Crippen molar-refractivity contribution < 1.29 is 4.21 Å². The van der Waals surface area contributed by atoms with Gasteiger partial charge < -0.3 is 5.32 Å². The number of rotatable bonds is 5. The molecule has 0 aliphatic rings. The molecule has 0 aliphatic carbocycles. The Balaban J connectivity index is 1.72. The van der Waals surface area contributed by atoms with Crippen LogP contribution < -0.4 is 5.32 Å². The fourth-order valence-electron chi connectivity index (χ4n) is 2.41. The highest BCUT2D eigenvalue weighted by Crippen LogP contribution is 2.19. The van der Waals surface area contributed by atoms with Crippen LogP contribution in [-0.2, 0) is 17.3 Å². The average molecular weight is 325 g/mol. The zero-order valence-electron chi connectivity index (χ0n) is 13.2. The lowest BCUT2D eigenvalue weighted by Crippen LogP contribution is -2.02. The minimum absolute atomic E-state index is 0.706. The first-order valence-electron chi connectivity index (χ1n) is 7.41. The van der Waals surface area contributed by atoms with Gasteiger partial charge in [-0.15, -0.1) is 0 Å². The fourth-order valence-corrected chi connectivity index (χ4v) is 2.93. The zero-order valence-corrected chi connectivity index (χ0v) is 14.0. The summed E-state index contributed by atoms with van der Waals surface area (Å²) in [5.41, 5.74) is 4.28. The van der Waals surface area contributed by atoms with E-state index in [0.717, 1.165) is 27.5 Å². The predicted molar refractivity (Wildman–Crippen MR) is 94.4 cm³/mol. The molecule has 3 rings (SSSR count). The summed E-state index contributed by atoms with van der Waals surface area (Å²) in [6.45, 7) is 2.75. The van der Waals surface area contributed by atoms with E-state index >= 15 is 0 Å². The molecule has 1 atom stereocenters. The molecule has 0 amide bonds. The van der Waals surface area contributed by atoms with Gasteiger partial charge in [-0.25, -0.2) is 4.68 Å².